The maximum atomic E-state index is 12.5. The SMILES string of the molecule is O=C(c1cnccn1)N1CCN(CC(O)COc2cccc3[nH]c4ccccc4c23)CC1. The van der Waals surface area contributed by atoms with Gasteiger partial charge in [0, 0.05) is 61.4 Å². The number of carbonyl (C=O) groups is 1. The van der Waals surface area contributed by atoms with Gasteiger partial charge < -0.3 is 19.7 Å². The van der Waals surface area contributed by atoms with Gasteiger partial charge >= 0.3 is 0 Å². The Morgan fingerprint density at radius 1 is 1.06 bits per heavy atom. The zero-order valence-electron chi connectivity index (χ0n) is 17.6. The molecule has 0 bridgehead atoms. The molecule has 1 fully saturated rings. The predicted molar refractivity (Wildman–Crippen MR) is 122 cm³/mol. The molecule has 32 heavy (non-hydrogen) atoms. The highest BCUT2D eigenvalue weighted by Crippen LogP contribution is 2.33. The quantitative estimate of drug-likeness (QED) is 0.487. The number of benzene rings is 2. The summed E-state index contributed by atoms with van der Waals surface area (Å²) >= 11 is 0. The smallest absolute Gasteiger partial charge is 0.274 e. The van der Waals surface area contributed by atoms with Crippen LogP contribution in [0.15, 0.2) is 61.1 Å². The first kappa shape index (κ1) is 20.4. The Hall–Kier alpha value is -3.49. The van der Waals surface area contributed by atoms with Gasteiger partial charge in [-0.2, -0.15) is 0 Å². The maximum absolute atomic E-state index is 12.5. The van der Waals surface area contributed by atoms with Gasteiger partial charge in [-0.25, -0.2) is 4.98 Å². The topological polar surface area (TPSA) is 94.6 Å². The summed E-state index contributed by atoms with van der Waals surface area (Å²) in [5.74, 6) is 0.659. The zero-order valence-corrected chi connectivity index (χ0v) is 17.6. The summed E-state index contributed by atoms with van der Waals surface area (Å²) in [5.41, 5.74) is 2.44. The summed E-state index contributed by atoms with van der Waals surface area (Å²) in [6.45, 7) is 3.28. The predicted octanol–water partition coefficient (Wildman–Crippen LogP) is 2.31. The number of rotatable bonds is 6. The maximum Gasteiger partial charge on any atom is 0.274 e. The Bertz CT molecular complexity index is 1220. The molecule has 2 N–H and O–H groups in total. The third-order valence-electron chi connectivity index (χ3n) is 5.83. The van der Waals surface area contributed by atoms with Crippen LogP contribution in [0.1, 0.15) is 10.5 Å². The normalized spacial score (nSPS) is 15.8. The molecule has 1 amide bonds. The van der Waals surface area contributed by atoms with Crippen molar-refractivity contribution >= 4 is 27.7 Å². The third-order valence-corrected chi connectivity index (χ3v) is 5.83. The van der Waals surface area contributed by atoms with E-state index in [9.17, 15) is 9.90 Å². The lowest BCUT2D eigenvalue weighted by Crippen LogP contribution is -2.51. The molecule has 0 aliphatic carbocycles. The van der Waals surface area contributed by atoms with Gasteiger partial charge in [-0.15, -0.1) is 0 Å². The molecular weight excluding hydrogens is 406 g/mol. The first-order valence-electron chi connectivity index (χ1n) is 10.8. The highest BCUT2D eigenvalue weighted by molar-refractivity contribution is 6.10. The van der Waals surface area contributed by atoms with Crippen molar-refractivity contribution in [2.24, 2.45) is 0 Å². The minimum atomic E-state index is -0.627. The summed E-state index contributed by atoms with van der Waals surface area (Å²) in [7, 11) is 0. The number of hydrogen-bond acceptors (Lipinski definition) is 6. The number of carbonyl (C=O) groups excluding carboxylic acids is 1. The number of para-hydroxylation sites is 1. The number of β-amino-alcohol motifs (C(OH)–C–C–N with tert-alkyl or cyclic N) is 1. The molecule has 164 valence electrons. The molecule has 1 aliphatic heterocycles. The van der Waals surface area contributed by atoms with Crippen LogP contribution in [-0.2, 0) is 0 Å². The molecule has 4 aromatic rings. The van der Waals surface area contributed by atoms with Crippen molar-refractivity contribution < 1.29 is 14.6 Å². The van der Waals surface area contributed by atoms with E-state index in [0.29, 0.717) is 38.4 Å². The number of fused-ring (bicyclic) bond motifs is 3. The first-order valence-corrected chi connectivity index (χ1v) is 10.8. The molecular formula is C24H25N5O3. The van der Waals surface area contributed by atoms with Crippen LogP contribution in [0.5, 0.6) is 5.75 Å². The molecule has 1 saturated heterocycles. The van der Waals surface area contributed by atoms with Crippen molar-refractivity contribution in [3.05, 3.63) is 66.7 Å². The monoisotopic (exact) mass is 431 g/mol. The average Bonchev–Trinajstić information content (AvgIpc) is 3.23. The lowest BCUT2D eigenvalue weighted by molar-refractivity contribution is 0.0403. The Labute approximate surface area is 185 Å². The van der Waals surface area contributed by atoms with Crippen molar-refractivity contribution in [3.63, 3.8) is 0 Å². The molecule has 1 unspecified atom stereocenters. The number of aromatic amines is 1. The molecule has 0 saturated carbocycles. The van der Waals surface area contributed by atoms with Crippen LogP contribution in [0.3, 0.4) is 0 Å². The second-order valence-corrected chi connectivity index (χ2v) is 8.00. The van der Waals surface area contributed by atoms with Crippen LogP contribution < -0.4 is 4.74 Å². The van der Waals surface area contributed by atoms with E-state index >= 15 is 0 Å². The Kier molecular flexibility index (Phi) is 5.70. The van der Waals surface area contributed by atoms with Gasteiger partial charge in [0.1, 0.15) is 24.2 Å². The van der Waals surface area contributed by atoms with E-state index in [-0.39, 0.29) is 12.5 Å². The number of hydrogen-bond donors (Lipinski definition) is 2. The van der Waals surface area contributed by atoms with Crippen molar-refractivity contribution in [1.29, 1.82) is 0 Å². The number of nitrogens with one attached hydrogen (secondary N) is 1. The Balaban J connectivity index is 1.16. The number of aliphatic hydroxyl groups is 1. The molecule has 5 rings (SSSR count). The Morgan fingerprint density at radius 2 is 1.88 bits per heavy atom. The summed E-state index contributed by atoms with van der Waals surface area (Å²) in [6.07, 6.45) is 3.94. The molecule has 0 radical (unpaired) electrons. The van der Waals surface area contributed by atoms with E-state index in [1.165, 1.54) is 12.4 Å². The minimum Gasteiger partial charge on any atom is -0.490 e. The van der Waals surface area contributed by atoms with Crippen molar-refractivity contribution in [3.8, 4) is 5.75 Å². The van der Waals surface area contributed by atoms with E-state index in [2.05, 4.69) is 25.9 Å². The van der Waals surface area contributed by atoms with Gasteiger partial charge in [-0.3, -0.25) is 14.7 Å². The van der Waals surface area contributed by atoms with Gasteiger partial charge in [0.25, 0.3) is 5.91 Å². The van der Waals surface area contributed by atoms with Crippen LogP contribution >= 0.6 is 0 Å². The number of aliphatic hydroxyl groups excluding tert-OH is 1. The number of ether oxygens (including phenoxy) is 1. The fourth-order valence-corrected chi connectivity index (χ4v) is 4.23. The summed E-state index contributed by atoms with van der Waals surface area (Å²) in [5, 5.41) is 12.7. The van der Waals surface area contributed by atoms with Gasteiger partial charge in [0.15, 0.2) is 0 Å². The minimum absolute atomic E-state index is 0.103. The largest absolute Gasteiger partial charge is 0.490 e. The molecule has 8 heteroatoms. The summed E-state index contributed by atoms with van der Waals surface area (Å²) in [4.78, 5) is 27.9. The van der Waals surface area contributed by atoms with E-state index in [1.54, 1.807) is 11.1 Å². The Morgan fingerprint density at radius 3 is 2.69 bits per heavy atom. The second-order valence-electron chi connectivity index (χ2n) is 8.00. The molecule has 1 aliphatic rings. The zero-order chi connectivity index (χ0) is 21.9. The van der Waals surface area contributed by atoms with Gasteiger partial charge in [-0.1, -0.05) is 24.3 Å². The highest BCUT2D eigenvalue weighted by atomic mass is 16.5. The van der Waals surface area contributed by atoms with Gasteiger partial charge in [0.05, 0.1) is 11.7 Å². The summed E-state index contributed by atoms with van der Waals surface area (Å²) in [6, 6.07) is 14.0. The van der Waals surface area contributed by atoms with Crippen LogP contribution in [0, 0.1) is 0 Å². The van der Waals surface area contributed by atoms with E-state index < -0.39 is 6.10 Å². The van der Waals surface area contributed by atoms with Crippen LogP contribution in [0.4, 0.5) is 0 Å². The number of nitrogens with zero attached hydrogens (tertiary/aromatic N) is 4. The number of aromatic nitrogens is 3. The number of piperazine rings is 1. The van der Waals surface area contributed by atoms with Crippen LogP contribution in [-0.4, -0.2) is 81.2 Å². The van der Waals surface area contributed by atoms with E-state index in [0.717, 1.165) is 27.6 Å². The van der Waals surface area contributed by atoms with Gasteiger partial charge in [0.2, 0.25) is 0 Å². The van der Waals surface area contributed by atoms with E-state index in [1.807, 2.05) is 36.4 Å². The van der Waals surface area contributed by atoms with Crippen LogP contribution in [0.25, 0.3) is 21.8 Å². The lowest BCUT2D eigenvalue weighted by atomic mass is 10.1. The summed E-state index contributed by atoms with van der Waals surface area (Å²) < 4.78 is 6.03. The van der Waals surface area contributed by atoms with Gasteiger partial charge in [-0.05, 0) is 18.2 Å². The molecule has 2 aromatic heterocycles. The van der Waals surface area contributed by atoms with Crippen molar-refractivity contribution in [2.45, 2.75) is 6.10 Å². The fourth-order valence-electron chi connectivity index (χ4n) is 4.23. The first-order chi connectivity index (χ1) is 15.7. The molecule has 8 nitrogen and oxygen atoms in total. The highest BCUT2D eigenvalue weighted by Gasteiger charge is 2.24. The average molecular weight is 431 g/mol. The number of H-pyrrole nitrogens is 1. The molecule has 2 aromatic carbocycles. The number of amides is 1. The molecule has 3 heterocycles. The lowest BCUT2D eigenvalue weighted by Gasteiger charge is -2.35. The third kappa shape index (κ3) is 4.15. The second kappa shape index (κ2) is 8.94. The standard InChI is InChI=1S/C24H25N5O3/c30-17(15-28-10-12-29(13-11-28)24(31)21-14-25-8-9-26-21)16-32-22-7-3-6-20-23(22)18-4-1-2-5-19(18)27-20/h1-9,14,17,27,30H,10-13,15-16H2. The molecule has 0 spiro atoms. The van der Waals surface area contributed by atoms with Crippen LogP contribution in [0.2, 0.25) is 0 Å². The fraction of sp³-hybridized carbons (Fsp3) is 0.292. The van der Waals surface area contributed by atoms with Crippen molar-refractivity contribution in [1.82, 2.24) is 24.8 Å². The van der Waals surface area contributed by atoms with Crippen molar-refractivity contribution in [2.75, 3.05) is 39.3 Å². The van der Waals surface area contributed by atoms with E-state index in [4.69, 9.17) is 4.74 Å². The molecule has 1 atom stereocenters.